The predicted octanol–water partition coefficient (Wildman–Crippen LogP) is 5.63. The summed E-state index contributed by atoms with van der Waals surface area (Å²) in [6.07, 6.45) is 6.27. The molecule has 0 aliphatic carbocycles. The minimum atomic E-state index is -0.468. The number of nitrogens with one attached hydrogen (secondary N) is 1. The van der Waals surface area contributed by atoms with E-state index in [-0.39, 0.29) is 11.6 Å². The average Bonchev–Trinajstić information content (AvgIpc) is 3.24. The molecule has 0 bridgehead atoms. The smallest absolute Gasteiger partial charge is 0.270 e. The van der Waals surface area contributed by atoms with E-state index < -0.39 is 4.92 Å². The van der Waals surface area contributed by atoms with Gasteiger partial charge in [0.15, 0.2) is 0 Å². The molecule has 0 saturated carbocycles. The van der Waals surface area contributed by atoms with Gasteiger partial charge in [-0.3, -0.25) is 14.9 Å². The fraction of sp³-hybridized carbons (Fsp3) is 0.192. The SMILES string of the molecule is CCCCc1ccc(-n2nc3cc(C)c(NC(=O)C=Cc4cccc([N+](=O)[O-])c4)cc3n2)cc1. The van der Waals surface area contributed by atoms with Crippen LogP contribution in [-0.2, 0) is 11.2 Å². The number of aromatic nitrogens is 3. The van der Waals surface area contributed by atoms with E-state index in [4.69, 9.17) is 0 Å². The van der Waals surface area contributed by atoms with Gasteiger partial charge in [0.25, 0.3) is 5.69 Å². The molecule has 0 aliphatic heterocycles. The van der Waals surface area contributed by atoms with Crippen LogP contribution in [0.4, 0.5) is 11.4 Å². The second-order valence-corrected chi connectivity index (χ2v) is 8.09. The topological polar surface area (TPSA) is 103 Å². The van der Waals surface area contributed by atoms with E-state index in [1.807, 2.05) is 25.1 Å². The number of nitro groups is 1. The van der Waals surface area contributed by atoms with Gasteiger partial charge in [-0.15, -0.1) is 10.2 Å². The lowest BCUT2D eigenvalue weighted by Gasteiger charge is -2.05. The molecule has 4 aromatic rings. The summed E-state index contributed by atoms with van der Waals surface area (Å²) in [5, 5.41) is 22.9. The zero-order valence-corrected chi connectivity index (χ0v) is 19.1. The molecule has 1 N–H and O–H groups in total. The van der Waals surface area contributed by atoms with E-state index in [0.29, 0.717) is 16.8 Å². The maximum Gasteiger partial charge on any atom is 0.270 e. The fourth-order valence-electron chi connectivity index (χ4n) is 3.58. The highest BCUT2D eigenvalue weighted by Crippen LogP contribution is 2.23. The molecule has 0 spiro atoms. The molecule has 4 rings (SSSR count). The molecule has 0 atom stereocenters. The zero-order valence-electron chi connectivity index (χ0n) is 19.1. The van der Waals surface area contributed by atoms with Crippen LogP contribution in [0.25, 0.3) is 22.8 Å². The second kappa shape index (κ2) is 10.1. The molecule has 1 heterocycles. The molecule has 0 aliphatic rings. The third kappa shape index (κ3) is 5.35. The van der Waals surface area contributed by atoms with Gasteiger partial charge < -0.3 is 5.32 Å². The third-order valence-corrected chi connectivity index (χ3v) is 5.48. The molecule has 8 nitrogen and oxygen atoms in total. The predicted molar refractivity (Wildman–Crippen MR) is 133 cm³/mol. The first kappa shape index (κ1) is 22.8. The van der Waals surface area contributed by atoms with Crippen LogP contribution >= 0.6 is 0 Å². The summed E-state index contributed by atoms with van der Waals surface area (Å²) in [6, 6.07) is 18.0. The summed E-state index contributed by atoms with van der Waals surface area (Å²) in [5.41, 5.74) is 5.59. The standard InChI is InChI=1S/C26H25N5O3/c1-3-4-6-19-9-12-21(13-10-19)30-28-24-15-18(2)23(17-25(24)29-30)27-26(32)14-11-20-7-5-8-22(16-20)31(33)34/h5,7-17H,3-4,6H2,1-2H3,(H,27,32). The Morgan fingerprint density at radius 2 is 1.82 bits per heavy atom. The van der Waals surface area contributed by atoms with E-state index in [0.717, 1.165) is 36.0 Å². The number of benzene rings is 3. The molecule has 0 fully saturated rings. The highest BCUT2D eigenvalue weighted by atomic mass is 16.6. The Balaban J connectivity index is 1.50. The van der Waals surface area contributed by atoms with Gasteiger partial charge in [-0.05, 0) is 66.8 Å². The number of anilines is 1. The number of hydrogen-bond donors (Lipinski definition) is 1. The lowest BCUT2D eigenvalue weighted by Crippen LogP contribution is -2.08. The summed E-state index contributed by atoms with van der Waals surface area (Å²) >= 11 is 0. The van der Waals surface area contributed by atoms with Gasteiger partial charge in [0, 0.05) is 23.9 Å². The van der Waals surface area contributed by atoms with Crippen LogP contribution in [0.2, 0.25) is 0 Å². The van der Waals surface area contributed by atoms with Crippen molar-refractivity contribution >= 4 is 34.4 Å². The van der Waals surface area contributed by atoms with Crippen molar-refractivity contribution in [3.63, 3.8) is 0 Å². The number of amides is 1. The minimum absolute atomic E-state index is 0.0254. The number of hydrogen-bond acceptors (Lipinski definition) is 5. The van der Waals surface area contributed by atoms with Crippen molar-refractivity contribution < 1.29 is 9.72 Å². The normalized spacial score (nSPS) is 11.2. The number of carbonyl (C=O) groups excluding carboxylic acids is 1. The molecule has 34 heavy (non-hydrogen) atoms. The second-order valence-electron chi connectivity index (χ2n) is 8.09. The summed E-state index contributed by atoms with van der Waals surface area (Å²) in [5.74, 6) is -0.344. The van der Waals surface area contributed by atoms with Crippen LogP contribution in [-0.4, -0.2) is 25.8 Å². The minimum Gasteiger partial charge on any atom is -0.322 e. The Kier molecular flexibility index (Phi) is 6.77. The Bertz CT molecular complexity index is 1370. The Morgan fingerprint density at radius 3 is 2.53 bits per heavy atom. The lowest BCUT2D eigenvalue weighted by atomic mass is 10.1. The van der Waals surface area contributed by atoms with Gasteiger partial charge in [0.2, 0.25) is 5.91 Å². The zero-order chi connectivity index (χ0) is 24.1. The molecular formula is C26H25N5O3. The molecular weight excluding hydrogens is 430 g/mol. The van der Waals surface area contributed by atoms with Gasteiger partial charge >= 0.3 is 0 Å². The molecule has 172 valence electrons. The number of unbranched alkanes of at least 4 members (excludes halogenated alkanes) is 1. The molecule has 0 unspecified atom stereocenters. The average molecular weight is 456 g/mol. The molecule has 0 radical (unpaired) electrons. The largest absolute Gasteiger partial charge is 0.322 e. The van der Waals surface area contributed by atoms with Gasteiger partial charge in [0.05, 0.1) is 10.6 Å². The molecule has 1 aromatic heterocycles. The highest BCUT2D eigenvalue weighted by molar-refractivity contribution is 6.03. The van der Waals surface area contributed by atoms with Crippen LogP contribution in [0.15, 0.2) is 66.7 Å². The van der Waals surface area contributed by atoms with Crippen molar-refractivity contribution in [2.24, 2.45) is 0 Å². The number of rotatable bonds is 8. The number of fused-ring (bicyclic) bond motifs is 1. The quantitative estimate of drug-likeness (QED) is 0.211. The van der Waals surface area contributed by atoms with Crippen molar-refractivity contribution in [2.45, 2.75) is 33.1 Å². The van der Waals surface area contributed by atoms with E-state index in [9.17, 15) is 14.9 Å². The Labute approximate surface area is 197 Å². The molecule has 3 aromatic carbocycles. The third-order valence-electron chi connectivity index (χ3n) is 5.48. The molecule has 1 amide bonds. The van der Waals surface area contributed by atoms with Crippen molar-refractivity contribution in [3.8, 4) is 5.69 Å². The van der Waals surface area contributed by atoms with Crippen molar-refractivity contribution in [1.82, 2.24) is 15.0 Å². The van der Waals surface area contributed by atoms with E-state index in [1.54, 1.807) is 23.0 Å². The number of nitro benzene ring substituents is 1. The summed E-state index contributed by atoms with van der Waals surface area (Å²) < 4.78 is 0. The summed E-state index contributed by atoms with van der Waals surface area (Å²) in [6.45, 7) is 4.07. The van der Waals surface area contributed by atoms with Gasteiger partial charge in [-0.25, -0.2) is 0 Å². The van der Waals surface area contributed by atoms with Crippen LogP contribution in [0.5, 0.6) is 0 Å². The first-order valence-corrected chi connectivity index (χ1v) is 11.1. The van der Waals surface area contributed by atoms with E-state index in [2.05, 4.69) is 34.6 Å². The van der Waals surface area contributed by atoms with E-state index >= 15 is 0 Å². The highest BCUT2D eigenvalue weighted by Gasteiger charge is 2.10. The van der Waals surface area contributed by atoms with Crippen LogP contribution in [0.3, 0.4) is 0 Å². The molecule has 0 saturated heterocycles. The fourth-order valence-corrected chi connectivity index (χ4v) is 3.58. The monoisotopic (exact) mass is 455 g/mol. The molecule has 8 heteroatoms. The number of aryl methyl sites for hydroxylation is 2. The van der Waals surface area contributed by atoms with Crippen LogP contribution in [0.1, 0.15) is 36.5 Å². The van der Waals surface area contributed by atoms with Crippen molar-refractivity contribution in [1.29, 1.82) is 0 Å². The summed E-state index contributed by atoms with van der Waals surface area (Å²) in [7, 11) is 0. The number of carbonyl (C=O) groups is 1. The number of nitrogens with zero attached hydrogens (tertiary/aromatic N) is 4. The first-order chi connectivity index (χ1) is 16.4. The van der Waals surface area contributed by atoms with Gasteiger partial charge in [-0.1, -0.05) is 37.6 Å². The Morgan fingerprint density at radius 1 is 1.09 bits per heavy atom. The van der Waals surface area contributed by atoms with Crippen LogP contribution < -0.4 is 5.32 Å². The van der Waals surface area contributed by atoms with Crippen molar-refractivity contribution in [2.75, 3.05) is 5.32 Å². The Hall–Kier alpha value is -4.33. The maximum absolute atomic E-state index is 12.5. The van der Waals surface area contributed by atoms with Gasteiger partial charge in [0.1, 0.15) is 11.0 Å². The van der Waals surface area contributed by atoms with Crippen molar-refractivity contribution in [3.05, 3.63) is 93.5 Å². The van der Waals surface area contributed by atoms with E-state index in [1.165, 1.54) is 29.8 Å². The lowest BCUT2D eigenvalue weighted by molar-refractivity contribution is -0.384. The first-order valence-electron chi connectivity index (χ1n) is 11.1. The maximum atomic E-state index is 12.5. The van der Waals surface area contributed by atoms with Crippen LogP contribution in [0, 0.1) is 17.0 Å². The summed E-state index contributed by atoms with van der Waals surface area (Å²) in [4.78, 5) is 24.5. The van der Waals surface area contributed by atoms with Gasteiger partial charge in [-0.2, -0.15) is 4.80 Å². The number of non-ortho nitro benzene ring substituents is 1.